The Hall–Kier alpha value is -1.41. The number of nitrogens with one attached hydrogen (secondary N) is 1. The molecule has 6 nitrogen and oxygen atoms in total. The Kier molecular flexibility index (Phi) is 5.91. The molecule has 1 amide bonds. The minimum atomic E-state index is -3.29. The molecule has 0 aliphatic heterocycles. The first-order valence-corrected chi connectivity index (χ1v) is 8.92. The van der Waals surface area contributed by atoms with E-state index in [1.807, 2.05) is 6.07 Å². The summed E-state index contributed by atoms with van der Waals surface area (Å²) in [5, 5.41) is 11.4. The Labute approximate surface area is 131 Å². The van der Waals surface area contributed by atoms with Gasteiger partial charge in [0.25, 0.3) is 5.91 Å². The molecule has 0 aromatic heterocycles. The van der Waals surface area contributed by atoms with E-state index in [0.29, 0.717) is 10.0 Å². The van der Waals surface area contributed by atoms with Crippen molar-refractivity contribution in [3.05, 3.63) is 33.8 Å². The average molecular weight is 378 g/mol. The number of amides is 1. The lowest BCUT2D eigenvalue weighted by Crippen LogP contribution is -2.41. The molecule has 1 unspecified atom stereocenters. The number of benzene rings is 1. The first-order valence-electron chi connectivity index (χ1n) is 6.07. The summed E-state index contributed by atoms with van der Waals surface area (Å²) in [7, 11) is -3.29. The predicted octanol–water partition coefficient (Wildman–Crippen LogP) is 1.38. The topological polar surface area (TPSA) is 101 Å². The van der Waals surface area contributed by atoms with Crippen LogP contribution in [0.4, 0.5) is 0 Å². The summed E-state index contributed by atoms with van der Waals surface area (Å²) in [5.41, 5.74) is 1.16. The highest BCUT2D eigenvalue weighted by atomic mass is 79.9. The molecule has 0 spiro atoms. The van der Waals surface area contributed by atoms with E-state index < -0.39 is 27.8 Å². The van der Waals surface area contributed by atoms with Crippen LogP contribution in [0.25, 0.3) is 0 Å². The van der Waals surface area contributed by atoms with Crippen LogP contribution in [0.15, 0.2) is 22.7 Å². The number of sulfone groups is 1. The van der Waals surface area contributed by atoms with Crippen molar-refractivity contribution < 1.29 is 23.1 Å². The van der Waals surface area contributed by atoms with Gasteiger partial charge in [-0.15, -0.1) is 0 Å². The van der Waals surface area contributed by atoms with Crippen LogP contribution in [0.3, 0.4) is 0 Å². The molecular formula is C13H16BrNO5S. The Morgan fingerprint density at radius 1 is 1.33 bits per heavy atom. The van der Waals surface area contributed by atoms with Crippen LogP contribution in [0.5, 0.6) is 0 Å². The van der Waals surface area contributed by atoms with Crippen LogP contribution in [-0.4, -0.2) is 43.5 Å². The zero-order chi connectivity index (χ0) is 16.2. The SMILES string of the molecule is Cc1cc(Br)cc(C(=O)NC(CCS(C)(=O)=O)C(=O)O)c1. The highest BCUT2D eigenvalue weighted by Crippen LogP contribution is 2.15. The van der Waals surface area contributed by atoms with Gasteiger partial charge < -0.3 is 10.4 Å². The minimum absolute atomic E-state index is 0.174. The molecule has 21 heavy (non-hydrogen) atoms. The zero-order valence-electron chi connectivity index (χ0n) is 11.6. The number of rotatable bonds is 6. The number of carboxylic acid groups (broad SMARTS) is 1. The summed E-state index contributed by atoms with van der Waals surface area (Å²) in [4.78, 5) is 23.1. The van der Waals surface area contributed by atoms with Gasteiger partial charge in [0.15, 0.2) is 0 Å². The van der Waals surface area contributed by atoms with E-state index in [0.717, 1.165) is 11.8 Å². The Balaban J connectivity index is 2.83. The molecule has 0 saturated carbocycles. The highest BCUT2D eigenvalue weighted by molar-refractivity contribution is 9.10. The quantitative estimate of drug-likeness (QED) is 0.779. The van der Waals surface area contributed by atoms with Crippen molar-refractivity contribution in [1.29, 1.82) is 0 Å². The normalized spacial score (nSPS) is 12.7. The molecule has 0 aliphatic carbocycles. The standard InChI is InChI=1S/C13H16BrNO5S/c1-8-5-9(7-10(14)6-8)12(16)15-11(13(17)18)3-4-21(2,19)20/h5-7,11H,3-4H2,1-2H3,(H,15,16)(H,17,18). The maximum Gasteiger partial charge on any atom is 0.326 e. The number of halogens is 1. The van der Waals surface area contributed by atoms with Crippen LogP contribution in [0, 0.1) is 6.92 Å². The van der Waals surface area contributed by atoms with E-state index in [-0.39, 0.29) is 12.2 Å². The molecular weight excluding hydrogens is 362 g/mol. The van der Waals surface area contributed by atoms with Crippen molar-refractivity contribution in [3.63, 3.8) is 0 Å². The fourth-order valence-corrected chi connectivity index (χ4v) is 2.97. The first kappa shape index (κ1) is 17.6. The summed E-state index contributed by atoms with van der Waals surface area (Å²) >= 11 is 3.26. The summed E-state index contributed by atoms with van der Waals surface area (Å²) in [6.45, 7) is 1.81. The van der Waals surface area contributed by atoms with Gasteiger partial charge in [-0.2, -0.15) is 0 Å². The van der Waals surface area contributed by atoms with Gasteiger partial charge >= 0.3 is 5.97 Å². The second-order valence-corrected chi connectivity index (χ2v) is 7.98. The minimum Gasteiger partial charge on any atom is -0.480 e. The van der Waals surface area contributed by atoms with E-state index in [9.17, 15) is 18.0 Å². The molecule has 0 bridgehead atoms. The van der Waals surface area contributed by atoms with Crippen molar-refractivity contribution in [2.24, 2.45) is 0 Å². The van der Waals surface area contributed by atoms with Crippen molar-refractivity contribution in [2.45, 2.75) is 19.4 Å². The third-order valence-electron chi connectivity index (χ3n) is 2.69. The molecule has 0 heterocycles. The Bertz CT molecular complexity index is 636. The Morgan fingerprint density at radius 2 is 1.95 bits per heavy atom. The Morgan fingerprint density at radius 3 is 2.43 bits per heavy atom. The monoisotopic (exact) mass is 377 g/mol. The molecule has 0 radical (unpaired) electrons. The molecule has 1 atom stereocenters. The number of hydrogen-bond acceptors (Lipinski definition) is 4. The molecule has 0 saturated heterocycles. The smallest absolute Gasteiger partial charge is 0.326 e. The first-order chi connectivity index (χ1) is 9.58. The number of carbonyl (C=O) groups excluding carboxylic acids is 1. The van der Waals surface area contributed by atoms with Crippen molar-refractivity contribution >= 4 is 37.6 Å². The summed E-state index contributed by atoms with van der Waals surface area (Å²) in [6.07, 6.45) is 0.846. The second-order valence-electron chi connectivity index (χ2n) is 4.80. The van der Waals surface area contributed by atoms with E-state index >= 15 is 0 Å². The zero-order valence-corrected chi connectivity index (χ0v) is 14.0. The van der Waals surface area contributed by atoms with E-state index in [2.05, 4.69) is 21.2 Å². The number of aliphatic carboxylic acids is 1. The fourth-order valence-electron chi connectivity index (χ4n) is 1.70. The molecule has 0 aliphatic rings. The van der Waals surface area contributed by atoms with Crippen molar-refractivity contribution in [3.8, 4) is 0 Å². The highest BCUT2D eigenvalue weighted by Gasteiger charge is 2.22. The van der Waals surface area contributed by atoms with Crippen LogP contribution < -0.4 is 5.32 Å². The molecule has 0 fully saturated rings. The number of carbonyl (C=O) groups is 2. The van der Waals surface area contributed by atoms with Gasteiger partial charge in [0, 0.05) is 16.3 Å². The van der Waals surface area contributed by atoms with Crippen LogP contribution >= 0.6 is 15.9 Å². The lowest BCUT2D eigenvalue weighted by molar-refractivity contribution is -0.139. The maximum atomic E-state index is 12.0. The molecule has 1 rings (SSSR count). The second kappa shape index (κ2) is 7.04. The molecule has 1 aromatic rings. The third kappa shape index (κ3) is 6.26. The van der Waals surface area contributed by atoms with E-state index in [4.69, 9.17) is 5.11 Å². The van der Waals surface area contributed by atoms with Gasteiger partial charge in [-0.3, -0.25) is 4.79 Å². The molecule has 8 heteroatoms. The van der Waals surface area contributed by atoms with E-state index in [1.165, 1.54) is 0 Å². The van der Waals surface area contributed by atoms with Gasteiger partial charge in [-0.1, -0.05) is 15.9 Å². The summed E-state index contributed by atoms with van der Waals surface area (Å²) in [6, 6.07) is 3.76. The molecule has 2 N–H and O–H groups in total. The average Bonchev–Trinajstić information content (AvgIpc) is 2.31. The van der Waals surface area contributed by atoms with Gasteiger partial charge in [0.2, 0.25) is 0 Å². The van der Waals surface area contributed by atoms with Crippen molar-refractivity contribution in [1.82, 2.24) is 5.32 Å². The van der Waals surface area contributed by atoms with Crippen molar-refractivity contribution in [2.75, 3.05) is 12.0 Å². The molecule has 116 valence electrons. The van der Waals surface area contributed by atoms with Crippen LogP contribution in [0.2, 0.25) is 0 Å². The maximum absolute atomic E-state index is 12.0. The molecule has 1 aromatic carbocycles. The van der Waals surface area contributed by atoms with Crippen LogP contribution in [-0.2, 0) is 14.6 Å². The number of aryl methyl sites for hydroxylation is 1. The third-order valence-corrected chi connectivity index (χ3v) is 4.12. The van der Waals surface area contributed by atoms with Gasteiger partial charge in [0.1, 0.15) is 15.9 Å². The van der Waals surface area contributed by atoms with Gasteiger partial charge in [-0.05, 0) is 37.1 Å². The van der Waals surface area contributed by atoms with Gasteiger partial charge in [0.05, 0.1) is 5.75 Å². The lowest BCUT2D eigenvalue weighted by atomic mass is 10.1. The summed E-state index contributed by atoms with van der Waals surface area (Å²) in [5.74, 6) is -2.12. The largest absolute Gasteiger partial charge is 0.480 e. The van der Waals surface area contributed by atoms with E-state index in [1.54, 1.807) is 19.1 Å². The lowest BCUT2D eigenvalue weighted by Gasteiger charge is -2.14. The van der Waals surface area contributed by atoms with Crippen LogP contribution in [0.1, 0.15) is 22.3 Å². The summed E-state index contributed by atoms with van der Waals surface area (Å²) < 4.78 is 22.9. The fraction of sp³-hybridized carbons (Fsp3) is 0.385. The number of hydrogen-bond donors (Lipinski definition) is 2. The van der Waals surface area contributed by atoms with Gasteiger partial charge in [-0.25, -0.2) is 13.2 Å². The predicted molar refractivity (Wildman–Crippen MR) is 82.1 cm³/mol. The number of carboxylic acids is 1.